The Balaban J connectivity index is 0.000000206. The Morgan fingerprint density at radius 1 is 0.568 bits per heavy atom. The number of halogens is 2. The lowest BCUT2D eigenvalue weighted by Crippen LogP contribution is -2.14. The molecule has 5 nitrogen and oxygen atoms in total. The van der Waals surface area contributed by atoms with Gasteiger partial charge >= 0.3 is 5.97 Å². The summed E-state index contributed by atoms with van der Waals surface area (Å²) in [5.41, 5.74) is 7.56. The number of hydroxylamine groups is 1. The summed E-state index contributed by atoms with van der Waals surface area (Å²) in [7, 11) is 0. The lowest BCUT2D eigenvalue weighted by molar-refractivity contribution is -0.131. The Kier molecular flexibility index (Phi) is 10.2. The van der Waals surface area contributed by atoms with E-state index in [4.69, 9.17) is 33.5 Å². The van der Waals surface area contributed by atoms with Crippen molar-refractivity contribution in [1.82, 2.24) is 5.48 Å². The monoisotopic (exact) mass is 531 g/mol. The zero-order valence-corrected chi connectivity index (χ0v) is 21.0. The van der Waals surface area contributed by atoms with E-state index >= 15 is 0 Å². The van der Waals surface area contributed by atoms with Crippen LogP contribution in [0.15, 0.2) is 109 Å². The molecule has 186 valence electrons. The van der Waals surface area contributed by atoms with Gasteiger partial charge in [-0.3, -0.25) is 10.0 Å². The maximum Gasteiger partial charge on any atom is 0.328 e. The van der Waals surface area contributed by atoms with Crippen LogP contribution in [0.1, 0.15) is 11.1 Å². The van der Waals surface area contributed by atoms with Crippen molar-refractivity contribution in [2.45, 2.75) is 0 Å². The van der Waals surface area contributed by atoms with Crippen molar-refractivity contribution in [3.8, 4) is 22.3 Å². The summed E-state index contributed by atoms with van der Waals surface area (Å²) >= 11 is 11.7. The van der Waals surface area contributed by atoms with Crippen LogP contribution in [0.2, 0.25) is 10.0 Å². The van der Waals surface area contributed by atoms with Gasteiger partial charge in [0.1, 0.15) is 0 Å². The molecule has 0 aromatic heterocycles. The fourth-order valence-corrected chi connectivity index (χ4v) is 3.49. The van der Waals surface area contributed by atoms with E-state index in [1.165, 1.54) is 11.6 Å². The average molecular weight is 532 g/mol. The third kappa shape index (κ3) is 9.09. The molecule has 0 unspecified atom stereocenters. The van der Waals surface area contributed by atoms with E-state index in [9.17, 15) is 9.59 Å². The van der Waals surface area contributed by atoms with Gasteiger partial charge in [-0.25, -0.2) is 10.3 Å². The van der Waals surface area contributed by atoms with E-state index in [0.29, 0.717) is 10.0 Å². The number of nitrogens with one attached hydrogen (secondary N) is 1. The highest BCUT2D eigenvalue weighted by molar-refractivity contribution is 6.30. The molecule has 0 spiro atoms. The lowest BCUT2D eigenvalue weighted by atomic mass is 10.0. The minimum Gasteiger partial charge on any atom is -0.478 e. The quantitative estimate of drug-likeness (QED) is 0.135. The molecule has 0 aliphatic carbocycles. The molecular weight excluding hydrogens is 509 g/mol. The zero-order chi connectivity index (χ0) is 26.6. The van der Waals surface area contributed by atoms with E-state index < -0.39 is 11.9 Å². The van der Waals surface area contributed by atoms with Crippen molar-refractivity contribution in [3.63, 3.8) is 0 Å². The smallest absolute Gasteiger partial charge is 0.328 e. The van der Waals surface area contributed by atoms with Crippen LogP contribution in [0.5, 0.6) is 0 Å². The molecule has 37 heavy (non-hydrogen) atoms. The number of aliphatic carboxylic acids is 1. The first-order valence-corrected chi connectivity index (χ1v) is 11.8. The Labute approximate surface area is 224 Å². The van der Waals surface area contributed by atoms with E-state index in [-0.39, 0.29) is 0 Å². The van der Waals surface area contributed by atoms with Gasteiger partial charge < -0.3 is 5.11 Å². The van der Waals surface area contributed by atoms with Crippen LogP contribution in [-0.4, -0.2) is 22.2 Å². The number of carbonyl (C=O) groups is 2. The second kappa shape index (κ2) is 13.8. The summed E-state index contributed by atoms with van der Waals surface area (Å²) < 4.78 is 0. The summed E-state index contributed by atoms with van der Waals surface area (Å²) in [4.78, 5) is 21.2. The molecule has 0 atom stereocenters. The van der Waals surface area contributed by atoms with Crippen molar-refractivity contribution < 1.29 is 19.9 Å². The lowest BCUT2D eigenvalue weighted by Gasteiger charge is -2.02. The molecule has 4 rings (SSSR count). The van der Waals surface area contributed by atoms with Gasteiger partial charge in [-0.15, -0.1) is 0 Å². The van der Waals surface area contributed by atoms with Crippen molar-refractivity contribution >= 4 is 47.2 Å². The molecule has 0 fully saturated rings. The molecule has 7 heteroatoms. The van der Waals surface area contributed by atoms with Crippen molar-refractivity contribution in [1.29, 1.82) is 0 Å². The van der Waals surface area contributed by atoms with Crippen LogP contribution in [0.3, 0.4) is 0 Å². The first-order chi connectivity index (χ1) is 17.8. The predicted molar refractivity (Wildman–Crippen MR) is 149 cm³/mol. The molecular formula is C30H23Cl2NO4. The van der Waals surface area contributed by atoms with Gasteiger partial charge in [0.2, 0.25) is 0 Å². The number of carbonyl (C=O) groups excluding carboxylic acids is 1. The van der Waals surface area contributed by atoms with Crippen LogP contribution >= 0.6 is 23.2 Å². The van der Waals surface area contributed by atoms with Crippen LogP contribution < -0.4 is 5.48 Å². The Morgan fingerprint density at radius 2 is 0.892 bits per heavy atom. The summed E-state index contributed by atoms with van der Waals surface area (Å²) in [5.74, 6) is -1.50. The molecule has 3 N–H and O–H groups in total. The summed E-state index contributed by atoms with van der Waals surface area (Å²) in [6.07, 6.45) is 5.57. The number of amides is 1. The number of hydrogen-bond acceptors (Lipinski definition) is 3. The first-order valence-electron chi connectivity index (χ1n) is 11.1. The molecule has 0 saturated carbocycles. The summed E-state index contributed by atoms with van der Waals surface area (Å²) in [6.45, 7) is 0. The molecule has 0 bridgehead atoms. The highest BCUT2D eigenvalue weighted by Crippen LogP contribution is 2.23. The van der Waals surface area contributed by atoms with E-state index in [1.54, 1.807) is 12.2 Å². The van der Waals surface area contributed by atoms with E-state index in [1.807, 2.05) is 97.1 Å². The van der Waals surface area contributed by atoms with Crippen LogP contribution in [-0.2, 0) is 9.59 Å². The number of rotatable bonds is 6. The highest BCUT2D eigenvalue weighted by atomic mass is 35.5. The van der Waals surface area contributed by atoms with Crippen molar-refractivity contribution in [2.24, 2.45) is 0 Å². The summed E-state index contributed by atoms with van der Waals surface area (Å²) in [6, 6.07) is 30.5. The standard InChI is InChI=1S/C15H12ClNO2.C15H11ClO2/c16-14-8-6-13(7-9-14)12-4-1-11(2-5-12)3-10-15(18)17-19;16-14-8-6-13(7-9-14)12-4-1-11(2-5-12)3-10-15(17)18/h1-10,19H,(H,17,18);1-10H,(H,17,18)/b2*10-3+. The fourth-order valence-electron chi connectivity index (χ4n) is 3.23. The second-order valence-corrected chi connectivity index (χ2v) is 8.61. The SMILES string of the molecule is O=C(/C=C/c1ccc(-c2ccc(Cl)cc2)cc1)NO.O=C(O)/C=C/c1ccc(-c2ccc(Cl)cc2)cc1. The molecule has 0 aliphatic rings. The number of hydrogen-bond donors (Lipinski definition) is 3. The average Bonchev–Trinajstić information content (AvgIpc) is 2.92. The number of carboxylic acids is 1. The van der Waals surface area contributed by atoms with Gasteiger partial charge in [-0.1, -0.05) is 96.0 Å². The number of carboxylic acid groups (broad SMARTS) is 1. The molecule has 0 saturated heterocycles. The minimum atomic E-state index is -0.947. The van der Waals surface area contributed by atoms with Gasteiger partial charge in [0.25, 0.3) is 5.91 Å². The zero-order valence-electron chi connectivity index (χ0n) is 19.5. The van der Waals surface area contributed by atoms with Crippen LogP contribution in [0.25, 0.3) is 34.4 Å². The van der Waals surface area contributed by atoms with Gasteiger partial charge in [0.15, 0.2) is 0 Å². The normalized spacial score (nSPS) is 10.7. The van der Waals surface area contributed by atoms with Crippen molar-refractivity contribution in [3.05, 3.63) is 130 Å². The second-order valence-electron chi connectivity index (χ2n) is 7.74. The first kappa shape index (κ1) is 27.4. The van der Waals surface area contributed by atoms with E-state index in [0.717, 1.165) is 39.5 Å². The molecule has 0 radical (unpaired) electrons. The summed E-state index contributed by atoms with van der Waals surface area (Å²) in [5, 5.41) is 18.3. The molecule has 0 aliphatic heterocycles. The Bertz CT molecular complexity index is 1380. The predicted octanol–water partition coefficient (Wildman–Crippen LogP) is 7.63. The molecule has 4 aromatic carbocycles. The van der Waals surface area contributed by atoms with Gasteiger partial charge in [0.05, 0.1) is 0 Å². The van der Waals surface area contributed by atoms with Crippen LogP contribution in [0.4, 0.5) is 0 Å². The van der Waals surface area contributed by atoms with Gasteiger partial charge in [-0.05, 0) is 69.8 Å². The highest BCUT2D eigenvalue weighted by Gasteiger charge is 1.99. The Hall–Kier alpha value is -4.16. The Morgan fingerprint density at radius 3 is 1.22 bits per heavy atom. The third-order valence-corrected chi connectivity index (χ3v) is 5.64. The topological polar surface area (TPSA) is 86.6 Å². The molecule has 1 amide bonds. The van der Waals surface area contributed by atoms with Crippen molar-refractivity contribution in [2.75, 3.05) is 0 Å². The maximum atomic E-state index is 10.8. The third-order valence-electron chi connectivity index (χ3n) is 5.13. The largest absolute Gasteiger partial charge is 0.478 e. The fraction of sp³-hybridized carbons (Fsp3) is 0. The van der Waals surface area contributed by atoms with Crippen LogP contribution in [0, 0.1) is 0 Å². The van der Waals surface area contributed by atoms with Gasteiger partial charge in [-0.2, -0.15) is 0 Å². The minimum absolute atomic E-state index is 0.554. The van der Waals surface area contributed by atoms with E-state index in [2.05, 4.69) is 0 Å². The maximum absolute atomic E-state index is 10.8. The molecule has 4 aromatic rings. The molecule has 0 heterocycles. The van der Waals surface area contributed by atoms with Gasteiger partial charge in [0, 0.05) is 22.2 Å². The number of benzene rings is 4.